The van der Waals surface area contributed by atoms with Gasteiger partial charge in [-0.05, 0) is 85.6 Å². The summed E-state index contributed by atoms with van der Waals surface area (Å²) >= 11 is 1.26. The number of pyridine rings is 1. The van der Waals surface area contributed by atoms with Gasteiger partial charge in [0.2, 0.25) is 5.91 Å². The van der Waals surface area contributed by atoms with E-state index in [4.69, 9.17) is 9.72 Å². The number of likely N-dealkylation sites (tertiary alicyclic amines) is 1. The molecule has 1 saturated heterocycles. The summed E-state index contributed by atoms with van der Waals surface area (Å²) < 4.78 is 8.22. The second kappa shape index (κ2) is 13.9. The predicted octanol–water partition coefficient (Wildman–Crippen LogP) is 8.29. The molecule has 0 unspecified atom stereocenters. The van der Waals surface area contributed by atoms with Crippen LogP contribution in [0.1, 0.15) is 36.4 Å². The number of methoxy groups -OCH3 is 1. The van der Waals surface area contributed by atoms with E-state index < -0.39 is 5.97 Å². The molecular formula is C40H40N4O4S. The van der Waals surface area contributed by atoms with E-state index in [2.05, 4.69) is 36.9 Å². The lowest BCUT2D eigenvalue weighted by Gasteiger charge is -2.37. The van der Waals surface area contributed by atoms with Crippen LogP contribution in [0.4, 0.5) is 0 Å². The lowest BCUT2D eigenvalue weighted by Crippen LogP contribution is -2.47. The van der Waals surface area contributed by atoms with E-state index in [0.717, 1.165) is 86.4 Å². The number of amides is 1. The topological polar surface area (TPSA) is 87.9 Å². The highest BCUT2D eigenvalue weighted by Crippen LogP contribution is 2.45. The number of carbonyl (C=O) groups excluding carboxylic acids is 1. The molecule has 0 saturated carbocycles. The standard InChI is InChI=1S/C40H40N4O4S/c1-4-42(5-2)30-19-21-43(22-20-30)36(45)25-44-34-24-35(40(46)47)49-39(34)37(27-9-7-6-8-10-27)38(44)29-14-18-33-28(23-29)13-17-32(41-33)26-11-15-31(48-3)16-12-26/h6-18,23-24,30H,4-5,19-22,25H2,1-3H3,(H,46,47). The Kier molecular flexibility index (Phi) is 9.21. The van der Waals surface area contributed by atoms with Crippen LogP contribution < -0.4 is 4.74 Å². The van der Waals surface area contributed by atoms with Gasteiger partial charge in [-0.15, -0.1) is 11.3 Å². The monoisotopic (exact) mass is 672 g/mol. The zero-order valence-corrected chi connectivity index (χ0v) is 28.9. The van der Waals surface area contributed by atoms with Gasteiger partial charge < -0.3 is 24.2 Å². The van der Waals surface area contributed by atoms with E-state index >= 15 is 0 Å². The number of carboxylic acid groups (broad SMARTS) is 1. The SMILES string of the molecule is CCN(CC)C1CCN(C(=O)Cn2c(-c3ccc4nc(-c5ccc(OC)cc5)ccc4c3)c(-c3ccccc3)c3sc(C(=O)O)cc32)CC1. The number of aromatic carboxylic acids is 1. The second-order valence-electron chi connectivity index (χ2n) is 12.5. The van der Waals surface area contributed by atoms with Crippen LogP contribution in [0, 0.1) is 0 Å². The molecule has 7 rings (SSSR count). The average Bonchev–Trinajstić information content (AvgIpc) is 3.70. The largest absolute Gasteiger partial charge is 0.497 e. The van der Waals surface area contributed by atoms with Gasteiger partial charge in [0.05, 0.1) is 34.2 Å². The molecule has 0 aliphatic carbocycles. The summed E-state index contributed by atoms with van der Waals surface area (Å²) in [4.78, 5) is 36.0. The minimum Gasteiger partial charge on any atom is -0.497 e. The Morgan fingerprint density at radius 2 is 1.61 bits per heavy atom. The highest BCUT2D eigenvalue weighted by molar-refractivity contribution is 7.21. The first-order valence-corrected chi connectivity index (χ1v) is 17.7. The van der Waals surface area contributed by atoms with Gasteiger partial charge in [0.15, 0.2) is 0 Å². The van der Waals surface area contributed by atoms with E-state index in [1.54, 1.807) is 13.2 Å². The highest BCUT2D eigenvalue weighted by atomic mass is 32.1. The number of hydrogen-bond acceptors (Lipinski definition) is 6. The summed E-state index contributed by atoms with van der Waals surface area (Å²) in [5.74, 6) is -0.127. The molecule has 1 aliphatic heterocycles. The Hall–Kier alpha value is -4.99. The van der Waals surface area contributed by atoms with Crippen molar-refractivity contribution in [1.29, 1.82) is 0 Å². The van der Waals surface area contributed by atoms with Crippen molar-refractivity contribution >= 4 is 44.3 Å². The van der Waals surface area contributed by atoms with Crippen LogP contribution in [0.2, 0.25) is 0 Å². The minimum atomic E-state index is -0.970. The van der Waals surface area contributed by atoms with Crippen molar-refractivity contribution in [2.75, 3.05) is 33.3 Å². The molecule has 0 atom stereocenters. The maximum atomic E-state index is 14.1. The molecule has 1 aliphatic rings. The van der Waals surface area contributed by atoms with Crippen molar-refractivity contribution < 1.29 is 19.4 Å². The highest BCUT2D eigenvalue weighted by Gasteiger charge is 2.29. The fourth-order valence-corrected chi connectivity index (χ4v) is 8.29. The van der Waals surface area contributed by atoms with E-state index in [1.165, 1.54) is 11.3 Å². The average molecular weight is 673 g/mol. The first-order chi connectivity index (χ1) is 23.9. The summed E-state index contributed by atoms with van der Waals surface area (Å²) in [5, 5.41) is 11.0. The van der Waals surface area contributed by atoms with Crippen LogP contribution in [0.15, 0.2) is 91.0 Å². The van der Waals surface area contributed by atoms with Gasteiger partial charge in [-0.3, -0.25) is 4.79 Å². The summed E-state index contributed by atoms with van der Waals surface area (Å²) in [7, 11) is 1.65. The van der Waals surface area contributed by atoms with Gasteiger partial charge in [0.1, 0.15) is 17.2 Å². The molecule has 6 aromatic rings. The van der Waals surface area contributed by atoms with Crippen molar-refractivity contribution in [2.24, 2.45) is 0 Å². The van der Waals surface area contributed by atoms with Gasteiger partial charge in [-0.25, -0.2) is 9.78 Å². The summed E-state index contributed by atoms with van der Waals surface area (Å²) in [6.45, 7) is 7.96. The third-order valence-electron chi connectivity index (χ3n) is 9.80. The summed E-state index contributed by atoms with van der Waals surface area (Å²) in [5.41, 5.74) is 7.24. The maximum absolute atomic E-state index is 14.1. The lowest BCUT2D eigenvalue weighted by atomic mass is 9.99. The number of carbonyl (C=O) groups is 2. The molecule has 0 spiro atoms. The van der Waals surface area contributed by atoms with E-state index in [9.17, 15) is 14.7 Å². The summed E-state index contributed by atoms with van der Waals surface area (Å²) in [6, 6.07) is 30.4. The van der Waals surface area contributed by atoms with Crippen LogP contribution in [-0.4, -0.2) is 75.7 Å². The van der Waals surface area contributed by atoms with Crippen molar-refractivity contribution in [2.45, 2.75) is 39.3 Å². The van der Waals surface area contributed by atoms with Crippen LogP contribution in [0.5, 0.6) is 5.75 Å². The van der Waals surface area contributed by atoms with Crippen molar-refractivity contribution in [3.63, 3.8) is 0 Å². The molecule has 3 aromatic carbocycles. The molecule has 1 amide bonds. The summed E-state index contributed by atoms with van der Waals surface area (Å²) in [6.07, 6.45) is 1.91. The van der Waals surface area contributed by atoms with Gasteiger partial charge in [0, 0.05) is 35.6 Å². The maximum Gasteiger partial charge on any atom is 0.345 e. The van der Waals surface area contributed by atoms with Crippen LogP contribution in [0.25, 0.3) is 54.8 Å². The quantitative estimate of drug-likeness (QED) is 0.158. The van der Waals surface area contributed by atoms with E-state index in [-0.39, 0.29) is 17.3 Å². The van der Waals surface area contributed by atoms with Crippen molar-refractivity contribution in [1.82, 2.24) is 19.4 Å². The fourth-order valence-electron chi connectivity index (χ4n) is 7.22. The number of rotatable bonds is 10. The lowest BCUT2D eigenvalue weighted by molar-refractivity contribution is -0.133. The van der Waals surface area contributed by atoms with Gasteiger partial charge in [0.25, 0.3) is 0 Å². The normalized spacial score (nSPS) is 13.8. The Morgan fingerprint density at radius 3 is 2.29 bits per heavy atom. The third-order valence-corrected chi connectivity index (χ3v) is 10.9. The first-order valence-electron chi connectivity index (χ1n) is 16.9. The van der Waals surface area contributed by atoms with E-state index in [1.807, 2.05) is 76.2 Å². The molecule has 0 radical (unpaired) electrons. The Bertz CT molecular complexity index is 2130. The molecule has 4 heterocycles. The number of thiophene rings is 1. The number of hydrogen-bond donors (Lipinski definition) is 1. The molecule has 8 nitrogen and oxygen atoms in total. The first kappa shape index (κ1) is 32.6. The number of aromatic nitrogens is 2. The molecule has 49 heavy (non-hydrogen) atoms. The van der Waals surface area contributed by atoms with Crippen LogP contribution >= 0.6 is 11.3 Å². The molecule has 3 aromatic heterocycles. The van der Waals surface area contributed by atoms with Gasteiger partial charge >= 0.3 is 5.97 Å². The number of fused-ring (bicyclic) bond motifs is 2. The number of benzene rings is 3. The molecule has 0 bridgehead atoms. The van der Waals surface area contributed by atoms with Crippen LogP contribution in [0.3, 0.4) is 0 Å². The minimum absolute atomic E-state index is 0.0467. The van der Waals surface area contributed by atoms with Crippen molar-refractivity contribution in [3.05, 3.63) is 95.9 Å². The zero-order chi connectivity index (χ0) is 34.1. The Labute approximate surface area is 290 Å². The fraction of sp³-hybridized carbons (Fsp3) is 0.275. The van der Waals surface area contributed by atoms with Gasteiger partial charge in [-0.1, -0.05) is 56.3 Å². The molecule has 1 N–H and O–H groups in total. The Balaban J connectivity index is 1.32. The van der Waals surface area contributed by atoms with Gasteiger partial charge in [-0.2, -0.15) is 0 Å². The predicted molar refractivity (Wildman–Crippen MR) is 197 cm³/mol. The molecule has 1 fully saturated rings. The van der Waals surface area contributed by atoms with Crippen molar-refractivity contribution in [3.8, 4) is 39.4 Å². The number of piperidine rings is 1. The molecule has 250 valence electrons. The molecule has 9 heteroatoms. The zero-order valence-electron chi connectivity index (χ0n) is 28.1. The number of ether oxygens (including phenoxy) is 1. The number of carboxylic acids is 1. The third kappa shape index (κ3) is 6.32. The second-order valence-corrected chi connectivity index (χ2v) is 13.5. The Morgan fingerprint density at radius 1 is 0.898 bits per heavy atom. The smallest absolute Gasteiger partial charge is 0.345 e. The number of nitrogens with zero attached hydrogens (tertiary/aromatic N) is 4. The van der Waals surface area contributed by atoms with E-state index in [0.29, 0.717) is 19.1 Å². The molecular weight excluding hydrogens is 633 g/mol. The van der Waals surface area contributed by atoms with Crippen LogP contribution in [-0.2, 0) is 11.3 Å².